The molecule has 0 atom stereocenters. The molecule has 0 bridgehead atoms. The standard InChI is InChI=1S/C18H17N3O3S/c1-23-15-6-5-13(8-16(15)24-2)18-21-14(11-25-18)17(22)20-10-12-4-3-7-19-9-12/h3-9,11H,10H2,1-2H3,(H,20,22). The zero-order valence-corrected chi connectivity index (χ0v) is 14.7. The summed E-state index contributed by atoms with van der Waals surface area (Å²) >= 11 is 1.40. The molecule has 6 nitrogen and oxygen atoms in total. The minimum Gasteiger partial charge on any atom is -0.493 e. The highest BCUT2D eigenvalue weighted by Crippen LogP contribution is 2.33. The first kappa shape index (κ1) is 16.9. The number of pyridine rings is 1. The first-order chi connectivity index (χ1) is 12.2. The van der Waals surface area contributed by atoms with Crippen LogP contribution >= 0.6 is 11.3 Å². The average Bonchev–Trinajstić information content (AvgIpc) is 3.16. The zero-order chi connectivity index (χ0) is 17.6. The number of carbonyl (C=O) groups excluding carboxylic acids is 1. The molecule has 128 valence electrons. The Bertz CT molecular complexity index is 865. The third-order valence-electron chi connectivity index (χ3n) is 3.54. The second-order valence-corrected chi connectivity index (χ2v) is 6.01. The molecule has 3 aromatic rings. The van der Waals surface area contributed by atoms with Gasteiger partial charge in [-0.2, -0.15) is 0 Å². The maximum absolute atomic E-state index is 12.3. The van der Waals surface area contributed by atoms with Gasteiger partial charge in [-0.1, -0.05) is 6.07 Å². The van der Waals surface area contributed by atoms with Crippen molar-refractivity contribution >= 4 is 17.2 Å². The van der Waals surface area contributed by atoms with Crippen LogP contribution in [-0.2, 0) is 6.54 Å². The average molecular weight is 355 g/mol. The summed E-state index contributed by atoms with van der Waals surface area (Å²) in [4.78, 5) is 20.7. The molecule has 7 heteroatoms. The number of thiazole rings is 1. The van der Waals surface area contributed by atoms with Crippen LogP contribution in [-0.4, -0.2) is 30.1 Å². The van der Waals surface area contributed by atoms with E-state index in [1.54, 1.807) is 32.0 Å². The monoisotopic (exact) mass is 355 g/mol. The number of benzene rings is 1. The third-order valence-corrected chi connectivity index (χ3v) is 4.43. The van der Waals surface area contributed by atoms with E-state index < -0.39 is 0 Å². The van der Waals surface area contributed by atoms with Crippen LogP contribution in [0.25, 0.3) is 10.6 Å². The number of ether oxygens (including phenoxy) is 2. The number of hydrogen-bond acceptors (Lipinski definition) is 6. The predicted octanol–water partition coefficient (Wildman–Crippen LogP) is 3.15. The molecule has 1 amide bonds. The highest BCUT2D eigenvalue weighted by Gasteiger charge is 2.13. The van der Waals surface area contributed by atoms with Gasteiger partial charge in [-0.3, -0.25) is 9.78 Å². The number of methoxy groups -OCH3 is 2. The second kappa shape index (κ2) is 7.76. The van der Waals surface area contributed by atoms with Crippen molar-refractivity contribution in [3.8, 4) is 22.1 Å². The van der Waals surface area contributed by atoms with E-state index in [1.165, 1.54) is 11.3 Å². The number of hydrogen-bond donors (Lipinski definition) is 1. The lowest BCUT2D eigenvalue weighted by atomic mass is 10.2. The molecular formula is C18H17N3O3S. The number of amides is 1. The normalized spacial score (nSPS) is 10.3. The van der Waals surface area contributed by atoms with Gasteiger partial charge in [0.2, 0.25) is 0 Å². The van der Waals surface area contributed by atoms with Gasteiger partial charge in [-0.15, -0.1) is 11.3 Å². The van der Waals surface area contributed by atoms with Gasteiger partial charge in [-0.25, -0.2) is 4.98 Å². The molecule has 0 aliphatic carbocycles. The van der Waals surface area contributed by atoms with Gasteiger partial charge in [0.05, 0.1) is 14.2 Å². The van der Waals surface area contributed by atoms with Crippen LogP contribution in [0.5, 0.6) is 11.5 Å². The molecule has 0 saturated carbocycles. The summed E-state index contributed by atoms with van der Waals surface area (Å²) in [5.41, 5.74) is 2.19. The Morgan fingerprint density at radius 2 is 2.04 bits per heavy atom. The van der Waals surface area contributed by atoms with Gasteiger partial charge in [0.15, 0.2) is 11.5 Å². The zero-order valence-electron chi connectivity index (χ0n) is 13.9. The Morgan fingerprint density at radius 1 is 1.20 bits per heavy atom. The summed E-state index contributed by atoms with van der Waals surface area (Å²) < 4.78 is 10.5. The molecule has 0 radical (unpaired) electrons. The Morgan fingerprint density at radius 3 is 2.76 bits per heavy atom. The first-order valence-electron chi connectivity index (χ1n) is 7.56. The lowest BCUT2D eigenvalue weighted by Gasteiger charge is -2.08. The van der Waals surface area contributed by atoms with Crippen molar-refractivity contribution in [2.75, 3.05) is 14.2 Å². The number of rotatable bonds is 6. The van der Waals surface area contributed by atoms with Crippen LogP contribution in [0.1, 0.15) is 16.1 Å². The lowest BCUT2D eigenvalue weighted by Crippen LogP contribution is -2.23. The molecule has 0 aliphatic heterocycles. The predicted molar refractivity (Wildman–Crippen MR) is 96.1 cm³/mol. The molecule has 0 saturated heterocycles. The third kappa shape index (κ3) is 3.95. The fourth-order valence-corrected chi connectivity index (χ4v) is 3.05. The highest BCUT2D eigenvalue weighted by molar-refractivity contribution is 7.13. The quantitative estimate of drug-likeness (QED) is 0.735. The number of carbonyl (C=O) groups is 1. The van der Waals surface area contributed by atoms with Crippen molar-refractivity contribution in [2.24, 2.45) is 0 Å². The van der Waals surface area contributed by atoms with Gasteiger partial charge in [0.1, 0.15) is 10.7 Å². The van der Waals surface area contributed by atoms with E-state index in [0.717, 1.165) is 16.1 Å². The van der Waals surface area contributed by atoms with Gasteiger partial charge in [-0.05, 0) is 29.8 Å². The van der Waals surface area contributed by atoms with Crippen LogP contribution in [0.15, 0.2) is 48.1 Å². The van der Waals surface area contributed by atoms with Crippen LogP contribution in [0, 0.1) is 0 Å². The van der Waals surface area contributed by atoms with Gasteiger partial charge < -0.3 is 14.8 Å². The number of nitrogens with one attached hydrogen (secondary N) is 1. The van der Waals surface area contributed by atoms with Crippen molar-refractivity contribution in [3.63, 3.8) is 0 Å². The molecule has 3 rings (SSSR count). The molecular weight excluding hydrogens is 338 g/mol. The van der Waals surface area contributed by atoms with Crippen LogP contribution in [0.3, 0.4) is 0 Å². The first-order valence-corrected chi connectivity index (χ1v) is 8.44. The van der Waals surface area contributed by atoms with Crippen LogP contribution in [0.4, 0.5) is 0 Å². The Balaban J connectivity index is 1.72. The summed E-state index contributed by atoms with van der Waals surface area (Å²) in [7, 11) is 3.17. The maximum Gasteiger partial charge on any atom is 0.271 e. The van der Waals surface area contributed by atoms with E-state index in [9.17, 15) is 4.79 Å². The minimum absolute atomic E-state index is 0.216. The van der Waals surface area contributed by atoms with Crippen molar-refractivity contribution in [1.29, 1.82) is 0 Å². The molecule has 25 heavy (non-hydrogen) atoms. The Hall–Kier alpha value is -2.93. The van der Waals surface area contributed by atoms with Crippen molar-refractivity contribution in [1.82, 2.24) is 15.3 Å². The largest absolute Gasteiger partial charge is 0.493 e. The molecule has 2 heterocycles. The SMILES string of the molecule is COc1ccc(-c2nc(C(=O)NCc3cccnc3)cs2)cc1OC. The van der Waals surface area contributed by atoms with Crippen molar-refractivity contribution < 1.29 is 14.3 Å². The minimum atomic E-state index is -0.216. The maximum atomic E-state index is 12.3. The van der Waals surface area contributed by atoms with Crippen LogP contribution in [0.2, 0.25) is 0 Å². The van der Waals surface area contributed by atoms with E-state index >= 15 is 0 Å². The van der Waals surface area contributed by atoms with Gasteiger partial charge in [0, 0.05) is 29.9 Å². The van der Waals surface area contributed by atoms with Crippen molar-refractivity contribution in [3.05, 3.63) is 59.4 Å². The van der Waals surface area contributed by atoms with Gasteiger partial charge in [0.25, 0.3) is 5.91 Å². The van der Waals surface area contributed by atoms with E-state index in [1.807, 2.05) is 30.3 Å². The van der Waals surface area contributed by atoms with Gasteiger partial charge >= 0.3 is 0 Å². The lowest BCUT2D eigenvalue weighted by molar-refractivity contribution is 0.0946. The summed E-state index contributed by atoms with van der Waals surface area (Å²) in [5, 5.41) is 5.33. The van der Waals surface area contributed by atoms with Crippen molar-refractivity contribution in [2.45, 2.75) is 6.54 Å². The molecule has 0 spiro atoms. The molecule has 1 N–H and O–H groups in total. The molecule has 0 aliphatic rings. The summed E-state index contributed by atoms with van der Waals surface area (Å²) in [5.74, 6) is 1.06. The smallest absolute Gasteiger partial charge is 0.271 e. The number of aromatic nitrogens is 2. The molecule has 0 unspecified atom stereocenters. The fourth-order valence-electron chi connectivity index (χ4n) is 2.26. The van der Waals surface area contributed by atoms with Crippen LogP contribution < -0.4 is 14.8 Å². The van der Waals surface area contributed by atoms with E-state index in [2.05, 4.69) is 15.3 Å². The summed E-state index contributed by atoms with van der Waals surface area (Å²) in [6.45, 7) is 0.413. The molecule has 1 aromatic carbocycles. The molecule has 2 aromatic heterocycles. The molecule has 0 fully saturated rings. The summed E-state index contributed by atoms with van der Waals surface area (Å²) in [6, 6.07) is 9.28. The fraction of sp³-hybridized carbons (Fsp3) is 0.167. The Labute approximate surface area is 149 Å². The topological polar surface area (TPSA) is 73.3 Å². The second-order valence-electron chi connectivity index (χ2n) is 5.15. The highest BCUT2D eigenvalue weighted by atomic mass is 32.1. The number of nitrogens with zero attached hydrogens (tertiary/aromatic N) is 2. The van der Waals surface area contributed by atoms with E-state index in [4.69, 9.17) is 9.47 Å². The van der Waals surface area contributed by atoms with E-state index in [-0.39, 0.29) is 5.91 Å². The van der Waals surface area contributed by atoms with E-state index in [0.29, 0.717) is 23.7 Å². The summed E-state index contributed by atoms with van der Waals surface area (Å²) in [6.07, 6.45) is 3.41. The Kier molecular flexibility index (Phi) is 5.25.